The lowest BCUT2D eigenvalue weighted by molar-refractivity contribution is -0.146. The zero-order chi connectivity index (χ0) is 17.3. The molecule has 1 amide bonds. The highest BCUT2D eigenvalue weighted by Crippen LogP contribution is 2.31. The lowest BCUT2D eigenvalue weighted by Gasteiger charge is -2.33. The molecule has 0 spiro atoms. The highest BCUT2D eigenvalue weighted by atomic mass is 19.1. The van der Waals surface area contributed by atoms with Gasteiger partial charge in [-0.2, -0.15) is 0 Å². The van der Waals surface area contributed by atoms with Gasteiger partial charge in [-0.25, -0.2) is 14.2 Å². The van der Waals surface area contributed by atoms with Gasteiger partial charge in [0.2, 0.25) is 5.91 Å². The Morgan fingerprint density at radius 3 is 2.38 bits per heavy atom. The first-order valence-electron chi connectivity index (χ1n) is 7.93. The molecule has 2 heterocycles. The monoisotopic (exact) mass is 339 g/mol. The lowest BCUT2D eigenvalue weighted by Crippen LogP contribution is -2.45. The van der Waals surface area contributed by atoms with Gasteiger partial charge in [-0.15, -0.1) is 0 Å². The fourth-order valence-corrected chi connectivity index (χ4v) is 3.39. The molecule has 0 bridgehead atoms. The Balaban J connectivity index is 1.74. The van der Waals surface area contributed by atoms with E-state index in [-0.39, 0.29) is 18.0 Å². The number of piperidine rings is 1. The SMILES string of the molecule is O=C(O)C1CCN(C(=O)C2CNNC2c2c(F)cccc2F)CC1. The maximum absolute atomic E-state index is 14.0. The van der Waals surface area contributed by atoms with Crippen molar-refractivity contribution in [2.75, 3.05) is 19.6 Å². The number of nitrogens with one attached hydrogen (secondary N) is 2. The number of halogens is 2. The van der Waals surface area contributed by atoms with E-state index >= 15 is 0 Å². The van der Waals surface area contributed by atoms with Gasteiger partial charge in [-0.1, -0.05) is 6.07 Å². The van der Waals surface area contributed by atoms with Crippen LogP contribution in [-0.2, 0) is 9.59 Å². The molecule has 2 unspecified atom stereocenters. The molecule has 0 saturated carbocycles. The maximum atomic E-state index is 14.0. The van der Waals surface area contributed by atoms with Crippen molar-refractivity contribution in [3.8, 4) is 0 Å². The van der Waals surface area contributed by atoms with E-state index in [9.17, 15) is 18.4 Å². The predicted octanol–water partition coefficient (Wildman–Crippen LogP) is 1.05. The maximum Gasteiger partial charge on any atom is 0.306 e. The molecule has 3 N–H and O–H groups in total. The van der Waals surface area contributed by atoms with Crippen molar-refractivity contribution in [2.45, 2.75) is 18.9 Å². The van der Waals surface area contributed by atoms with Crippen LogP contribution >= 0.6 is 0 Å². The van der Waals surface area contributed by atoms with Gasteiger partial charge in [0.25, 0.3) is 0 Å². The van der Waals surface area contributed by atoms with Crippen molar-refractivity contribution in [3.05, 3.63) is 35.4 Å². The third-order valence-corrected chi connectivity index (χ3v) is 4.77. The van der Waals surface area contributed by atoms with Crippen molar-refractivity contribution < 1.29 is 23.5 Å². The summed E-state index contributed by atoms with van der Waals surface area (Å²) in [6.45, 7) is 0.952. The number of nitrogens with zero attached hydrogens (tertiary/aromatic N) is 1. The van der Waals surface area contributed by atoms with Gasteiger partial charge < -0.3 is 10.0 Å². The average molecular weight is 339 g/mol. The fraction of sp³-hybridized carbons (Fsp3) is 0.500. The minimum atomic E-state index is -0.849. The average Bonchev–Trinajstić information content (AvgIpc) is 3.03. The van der Waals surface area contributed by atoms with Gasteiger partial charge in [-0.05, 0) is 25.0 Å². The number of carbonyl (C=O) groups is 2. The summed E-state index contributed by atoms with van der Waals surface area (Å²) in [6.07, 6.45) is 0.792. The molecule has 2 aliphatic rings. The molecule has 2 aliphatic heterocycles. The van der Waals surface area contributed by atoms with Crippen LogP contribution in [0.3, 0.4) is 0 Å². The second-order valence-electron chi connectivity index (χ2n) is 6.18. The van der Waals surface area contributed by atoms with E-state index in [1.807, 2.05) is 0 Å². The van der Waals surface area contributed by atoms with Crippen molar-refractivity contribution in [1.29, 1.82) is 0 Å². The Labute approximate surface area is 137 Å². The Kier molecular flexibility index (Phi) is 4.77. The van der Waals surface area contributed by atoms with Gasteiger partial charge in [0, 0.05) is 25.2 Å². The summed E-state index contributed by atoms with van der Waals surface area (Å²) < 4.78 is 28.0. The number of hydrogen-bond acceptors (Lipinski definition) is 4. The molecule has 2 atom stereocenters. The molecule has 6 nitrogen and oxygen atoms in total. The zero-order valence-corrected chi connectivity index (χ0v) is 13.0. The van der Waals surface area contributed by atoms with Gasteiger partial charge >= 0.3 is 5.97 Å². The van der Waals surface area contributed by atoms with E-state index in [0.717, 1.165) is 12.1 Å². The molecule has 3 rings (SSSR count). The van der Waals surface area contributed by atoms with Crippen LogP contribution in [-0.4, -0.2) is 41.5 Å². The van der Waals surface area contributed by atoms with Crippen molar-refractivity contribution in [3.63, 3.8) is 0 Å². The van der Waals surface area contributed by atoms with E-state index in [1.54, 1.807) is 4.90 Å². The molecule has 0 aromatic heterocycles. The summed E-state index contributed by atoms with van der Waals surface area (Å²) in [5, 5.41) is 9.02. The minimum Gasteiger partial charge on any atom is -0.481 e. The molecule has 2 saturated heterocycles. The minimum absolute atomic E-state index is 0.152. The van der Waals surface area contributed by atoms with Gasteiger partial charge in [0.1, 0.15) is 11.6 Å². The van der Waals surface area contributed by atoms with Crippen LogP contribution in [0.25, 0.3) is 0 Å². The van der Waals surface area contributed by atoms with E-state index in [4.69, 9.17) is 5.11 Å². The summed E-state index contributed by atoms with van der Waals surface area (Å²) in [4.78, 5) is 25.3. The number of carboxylic acids is 1. The van der Waals surface area contributed by atoms with E-state index in [1.165, 1.54) is 6.07 Å². The van der Waals surface area contributed by atoms with E-state index < -0.39 is 35.5 Å². The normalized spacial score (nSPS) is 25.0. The Hall–Kier alpha value is -2.06. The first-order chi connectivity index (χ1) is 11.5. The van der Waals surface area contributed by atoms with Crippen molar-refractivity contribution in [1.82, 2.24) is 15.8 Å². The summed E-state index contributed by atoms with van der Waals surface area (Å²) in [5.41, 5.74) is 5.43. The number of amides is 1. The standard InChI is InChI=1S/C16H19F2N3O3/c17-11-2-1-3-12(18)13(11)14-10(8-19-20-14)15(22)21-6-4-9(5-7-21)16(23)24/h1-3,9-10,14,19-20H,4-8H2,(H,23,24). The Morgan fingerprint density at radius 2 is 1.79 bits per heavy atom. The molecule has 130 valence electrons. The number of benzene rings is 1. The Bertz CT molecular complexity index is 627. The number of carbonyl (C=O) groups excluding carboxylic acids is 1. The summed E-state index contributed by atoms with van der Waals surface area (Å²) >= 11 is 0. The number of carboxylic acid groups (broad SMARTS) is 1. The smallest absolute Gasteiger partial charge is 0.306 e. The molecule has 2 fully saturated rings. The molecule has 0 radical (unpaired) electrons. The highest BCUT2D eigenvalue weighted by Gasteiger charge is 2.40. The van der Waals surface area contributed by atoms with Crippen LogP contribution in [0.2, 0.25) is 0 Å². The molecule has 24 heavy (non-hydrogen) atoms. The number of hydrazine groups is 1. The fourth-order valence-electron chi connectivity index (χ4n) is 3.39. The molecule has 1 aromatic carbocycles. The quantitative estimate of drug-likeness (QED) is 0.767. The third kappa shape index (κ3) is 3.11. The van der Waals surface area contributed by atoms with E-state index in [0.29, 0.717) is 25.9 Å². The number of aliphatic carboxylic acids is 1. The summed E-state index contributed by atoms with van der Waals surface area (Å²) in [6, 6.07) is 2.82. The molecule has 8 heteroatoms. The summed E-state index contributed by atoms with van der Waals surface area (Å²) in [5.74, 6) is -3.54. The first-order valence-corrected chi connectivity index (χ1v) is 7.93. The topological polar surface area (TPSA) is 81.7 Å². The van der Waals surface area contributed by atoms with Crippen LogP contribution in [0.15, 0.2) is 18.2 Å². The van der Waals surface area contributed by atoms with Gasteiger partial charge in [0.05, 0.1) is 17.9 Å². The van der Waals surface area contributed by atoms with E-state index in [2.05, 4.69) is 10.9 Å². The lowest BCUT2D eigenvalue weighted by atomic mass is 9.91. The number of rotatable bonds is 3. The first kappa shape index (κ1) is 16.8. The molecule has 0 aliphatic carbocycles. The molecular formula is C16H19F2N3O3. The largest absolute Gasteiger partial charge is 0.481 e. The van der Waals surface area contributed by atoms with Crippen LogP contribution in [0.5, 0.6) is 0 Å². The number of hydrogen-bond donors (Lipinski definition) is 3. The Morgan fingerprint density at radius 1 is 1.17 bits per heavy atom. The highest BCUT2D eigenvalue weighted by molar-refractivity contribution is 5.81. The predicted molar refractivity (Wildman–Crippen MR) is 80.7 cm³/mol. The van der Waals surface area contributed by atoms with Gasteiger partial charge in [-0.3, -0.25) is 15.0 Å². The van der Waals surface area contributed by atoms with Crippen molar-refractivity contribution >= 4 is 11.9 Å². The van der Waals surface area contributed by atoms with Crippen molar-refractivity contribution in [2.24, 2.45) is 11.8 Å². The van der Waals surface area contributed by atoms with Gasteiger partial charge in [0.15, 0.2) is 0 Å². The number of likely N-dealkylation sites (tertiary alicyclic amines) is 1. The second-order valence-corrected chi connectivity index (χ2v) is 6.18. The van der Waals surface area contributed by atoms with Crippen LogP contribution < -0.4 is 10.9 Å². The molecule has 1 aromatic rings. The molecular weight excluding hydrogens is 320 g/mol. The third-order valence-electron chi connectivity index (χ3n) is 4.77. The summed E-state index contributed by atoms with van der Waals surface area (Å²) in [7, 11) is 0. The van der Waals surface area contributed by atoms with Crippen LogP contribution in [0.4, 0.5) is 8.78 Å². The second kappa shape index (κ2) is 6.82. The zero-order valence-electron chi connectivity index (χ0n) is 13.0. The van der Waals surface area contributed by atoms with Crippen LogP contribution in [0, 0.1) is 23.5 Å². The van der Waals surface area contributed by atoms with Crippen LogP contribution in [0.1, 0.15) is 24.4 Å².